The molecule has 1 aromatic heterocycles. The van der Waals surface area contributed by atoms with Gasteiger partial charge in [-0.05, 0) is 31.9 Å². The summed E-state index contributed by atoms with van der Waals surface area (Å²) in [5.41, 5.74) is -1.24. The Morgan fingerprint density at radius 2 is 2.03 bits per heavy atom. The van der Waals surface area contributed by atoms with Gasteiger partial charge in [-0.1, -0.05) is 6.42 Å². The number of aromatic nitrogens is 2. The second-order valence-corrected chi connectivity index (χ2v) is 9.17. The molecule has 1 aliphatic rings. The third-order valence-electron chi connectivity index (χ3n) is 4.80. The van der Waals surface area contributed by atoms with Gasteiger partial charge in [-0.25, -0.2) is 8.89 Å². The largest absolute Gasteiger partial charge is 0.494 e. The second kappa shape index (κ2) is 8.19. The van der Waals surface area contributed by atoms with E-state index in [-0.39, 0.29) is 28.4 Å². The molecule has 0 unspecified atom stereocenters. The molecule has 0 atom stereocenters. The van der Waals surface area contributed by atoms with Crippen LogP contribution in [0.3, 0.4) is 0 Å². The molecule has 1 saturated heterocycles. The van der Waals surface area contributed by atoms with Gasteiger partial charge >= 0.3 is 5.69 Å². The fraction of sp³-hybridized carbons (Fsp3) is 0.444. The van der Waals surface area contributed by atoms with Crippen molar-refractivity contribution in [3.63, 3.8) is 0 Å². The molecule has 10 nitrogen and oxygen atoms in total. The zero-order chi connectivity index (χ0) is 21.2. The molecule has 1 aliphatic heterocycles. The van der Waals surface area contributed by atoms with Crippen molar-refractivity contribution in [3.05, 3.63) is 39.6 Å². The van der Waals surface area contributed by atoms with Gasteiger partial charge in [-0.2, -0.15) is 9.46 Å². The molecule has 0 aliphatic carbocycles. The minimum Gasteiger partial charge on any atom is -0.494 e. The number of ether oxygens (including phenoxy) is 1. The minimum absolute atomic E-state index is 0.0648. The molecule has 0 amide bonds. The first-order valence-electron chi connectivity index (χ1n) is 9.18. The van der Waals surface area contributed by atoms with Crippen LogP contribution >= 0.6 is 0 Å². The Morgan fingerprint density at radius 3 is 2.59 bits per heavy atom. The van der Waals surface area contributed by atoms with Gasteiger partial charge in [0.15, 0.2) is 11.4 Å². The third-order valence-corrected chi connectivity index (χ3v) is 7.17. The number of carbonyl (C=O) groups excluding carboxylic acids is 1. The van der Waals surface area contributed by atoms with Crippen LogP contribution in [0.15, 0.2) is 22.7 Å². The van der Waals surface area contributed by atoms with Crippen molar-refractivity contribution in [3.8, 4) is 11.6 Å². The first-order chi connectivity index (χ1) is 13.8. The van der Waals surface area contributed by atoms with Crippen molar-refractivity contribution in [2.75, 3.05) is 18.6 Å². The van der Waals surface area contributed by atoms with E-state index in [1.807, 2.05) is 0 Å². The molecule has 1 N–H and O–H groups in total. The number of ketones is 1. The van der Waals surface area contributed by atoms with Crippen LogP contribution < -0.4 is 4.74 Å². The highest BCUT2D eigenvalue weighted by Crippen LogP contribution is 2.42. The summed E-state index contributed by atoms with van der Waals surface area (Å²) >= 11 is 0. The van der Waals surface area contributed by atoms with E-state index in [1.165, 1.54) is 23.9 Å². The van der Waals surface area contributed by atoms with Gasteiger partial charge in [-0.3, -0.25) is 14.9 Å². The fourth-order valence-electron chi connectivity index (χ4n) is 3.29. The molecule has 29 heavy (non-hydrogen) atoms. The van der Waals surface area contributed by atoms with Gasteiger partial charge in [0.2, 0.25) is 11.7 Å². The normalized spacial score (nSPS) is 15.7. The highest BCUT2D eigenvalue weighted by atomic mass is 32.2. The first-order valence-corrected chi connectivity index (χ1v) is 11.0. The van der Waals surface area contributed by atoms with Gasteiger partial charge in [0.05, 0.1) is 28.0 Å². The Bertz CT molecular complexity index is 1070. The number of rotatable bonds is 6. The van der Waals surface area contributed by atoms with Crippen molar-refractivity contribution in [2.24, 2.45) is 4.36 Å². The van der Waals surface area contributed by atoms with Crippen molar-refractivity contribution in [1.82, 2.24) is 9.78 Å². The average Bonchev–Trinajstić information content (AvgIpc) is 3.07. The van der Waals surface area contributed by atoms with E-state index in [1.54, 1.807) is 6.92 Å². The lowest BCUT2D eigenvalue weighted by Crippen LogP contribution is -2.16. The molecular weight excluding hydrogens is 400 g/mol. The number of nitro benzene ring substituents is 1. The molecular formula is C18H22N4O6S. The summed E-state index contributed by atoms with van der Waals surface area (Å²) in [6, 6.07) is 2.63. The number of aromatic hydroxyl groups is 1. The maximum absolute atomic E-state index is 13.1. The fourth-order valence-corrected chi connectivity index (χ4v) is 5.50. The van der Waals surface area contributed by atoms with Crippen LogP contribution in [0.5, 0.6) is 11.6 Å². The Kier molecular flexibility index (Phi) is 5.87. The van der Waals surface area contributed by atoms with Crippen molar-refractivity contribution in [2.45, 2.75) is 32.7 Å². The molecule has 2 heterocycles. The lowest BCUT2D eigenvalue weighted by molar-refractivity contribution is -0.384. The standard InChI is InChI=1S/C18H22N4O6S/c1-3-21-18(24)13(11-19-21)17(23)12-7-8-14(28-2)15(16(12)22(25)26)20-29(27)9-5-4-6-10-29/h7-8,11,24H,3-6,9-10H2,1-2H3. The van der Waals surface area contributed by atoms with Crippen LogP contribution in [0.4, 0.5) is 11.4 Å². The number of nitrogens with zero attached hydrogens (tertiary/aromatic N) is 4. The summed E-state index contributed by atoms with van der Waals surface area (Å²) in [6.07, 6.45) is 3.54. The molecule has 0 radical (unpaired) electrons. The zero-order valence-electron chi connectivity index (χ0n) is 16.2. The highest BCUT2D eigenvalue weighted by molar-refractivity contribution is 7.93. The Hall–Kier alpha value is -2.95. The number of methoxy groups -OCH3 is 1. The van der Waals surface area contributed by atoms with E-state index < -0.39 is 26.1 Å². The van der Waals surface area contributed by atoms with Crippen LogP contribution in [0, 0.1) is 10.1 Å². The first kappa shape index (κ1) is 20.8. The summed E-state index contributed by atoms with van der Waals surface area (Å²) in [7, 11) is -1.36. The smallest absolute Gasteiger partial charge is 0.310 e. The maximum Gasteiger partial charge on any atom is 0.310 e. The maximum atomic E-state index is 13.1. The Morgan fingerprint density at radius 1 is 1.34 bits per heavy atom. The number of benzene rings is 1. The Labute approximate surface area is 167 Å². The van der Waals surface area contributed by atoms with E-state index in [2.05, 4.69) is 9.46 Å². The predicted molar refractivity (Wildman–Crippen MR) is 106 cm³/mol. The molecule has 1 fully saturated rings. The minimum atomic E-state index is -2.68. The molecule has 2 aromatic rings. The number of nitro groups is 1. The van der Waals surface area contributed by atoms with E-state index in [0.717, 1.165) is 25.5 Å². The van der Waals surface area contributed by atoms with Crippen LogP contribution in [-0.2, 0) is 16.3 Å². The van der Waals surface area contributed by atoms with Crippen molar-refractivity contribution in [1.29, 1.82) is 0 Å². The predicted octanol–water partition coefficient (Wildman–Crippen LogP) is 3.04. The Balaban J connectivity index is 2.23. The van der Waals surface area contributed by atoms with Crippen LogP contribution in [-0.4, -0.2) is 48.4 Å². The van der Waals surface area contributed by atoms with Crippen molar-refractivity contribution >= 4 is 26.9 Å². The summed E-state index contributed by atoms with van der Waals surface area (Å²) < 4.78 is 23.7. The van der Waals surface area contributed by atoms with Gasteiger partial charge in [0, 0.05) is 18.1 Å². The van der Waals surface area contributed by atoms with Gasteiger partial charge in [0.1, 0.15) is 11.1 Å². The quantitative estimate of drug-likeness (QED) is 0.429. The number of hydrogen-bond donors (Lipinski definition) is 1. The third kappa shape index (κ3) is 3.95. The lowest BCUT2D eigenvalue weighted by atomic mass is 10.0. The summed E-state index contributed by atoms with van der Waals surface area (Å²) in [4.78, 5) is 24.1. The molecule has 1 aromatic carbocycles. The summed E-state index contributed by atoms with van der Waals surface area (Å²) in [5.74, 6) is -0.397. The second-order valence-electron chi connectivity index (χ2n) is 6.63. The molecule has 0 bridgehead atoms. The van der Waals surface area contributed by atoms with Crippen molar-refractivity contribution < 1.29 is 23.8 Å². The van der Waals surface area contributed by atoms with Gasteiger partial charge in [-0.15, -0.1) is 0 Å². The molecule has 3 rings (SSSR count). The number of aryl methyl sites for hydroxylation is 1. The average molecular weight is 422 g/mol. The number of carbonyl (C=O) groups is 1. The van der Waals surface area contributed by atoms with E-state index in [9.17, 15) is 24.2 Å². The van der Waals surface area contributed by atoms with E-state index >= 15 is 0 Å². The topological polar surface area (TPSA) is 137 Å². The molecule has 0 spiro atoms. The lowest BCUT2D eigenvalue weighted by Gasteiger charge is -2.16. The van der Waals surface area contributed by atoms with Gasteiger partial charge < -0.3 is 9.84 Å². The van der Waals surface area contributed by atoms with E-state index in [4.69, 9.17) is 4.74 Å². The summed E-state index contributed by atoms with van der Waals surface area (Å²) in [5, 5.41) is 26.0. The molecule has 11 heteroatoms. The van der Waals surface area contributed by atoms with Crippen LogP contribution in [0.25, 0.3) is 0 Å². The molecule has 0 saturated carbocycles. The zero-order valence-corrected chi connectivity index (χ0v) is 17.0. The number of hydrogen-bond acceptors (Lipinski definition) is 8. The van der Waals surface area contributed by atoms with Gasteiger partial charge in [0.25, 0.3) is 0 Å². The van der Waals surface area contributed by atoms with E-state index in [0.29, 0.717) is 18.1 Å². The van der Waals surface area contributed by atoms with Crippen LogP contribution in [0.2, 0.25) is 0 Å². The monoisotopic (exact) mass is 422 g/mol. The summed E-state index contributed by atoms with van der Waals surface area (Å²) in [6.45, 7) is 2.06. The SMILES string of the molecule is CCn1ncc(C(=O)c2ccc(OC)c(N=S3(=O)CCCCC3)c2[N+](=O)[O-])c1O. The highest BCUT2D eigenvalue weighted by Gasteiger charge is 2.32. The van der Waals surface area contributed by atoms with Crippen LogP contribution in [0.1, 0.15) is 42.1 Å². The molecule has 156 valence electrons.